The maximum atomic E-state index is 11.4. The molecule has 0 bridgehead atoms. The molecule has 0 saturated carbocycles. The van der Waals surface area contributed by atoms with E-state index in [0.29, 0.717) is 0 Å². The Kier molecular flexibility index (Phi) is 6.19. The van der Waals surface area contributed by atoms with Crippen LogP contribution in [0.2, 0.25) is 0 Å². The Morgan fingerprint density at radius 1 is 1.11 bits per heavy atom. The van der Waals surface area contributed by atoms with E-state index >= 15 is 0 Å². The average Bonchev–Trinajstić information content (AvgIpc) is 2.24. The van der Waals surface area contributed by atoms with Crippen molar-refractivity contribution in [2.45, 2.75) is 13.8 Å². The van der Waals surface area contributed by atoms with Crippen molar-refractivity contribution in [3.63, 3.8) is 0 Å². The normalized spacial score (nSPS) is 12.4. The molecule has 0 aromatic heterocycles. The van der Waals surface area contributed by atoms with Gasteiger partial charge < -0.3 is 10.4 Å². The van der Waals surface area contributed by atoms with E-state index in [1.54, 1.807) is 0 Å². The van der Waals surface area contributed by atoms with E-state index in [4.69, 9.17) is 5.11 Å². The van der Waals surface area contributed by atoms with Gasteiger partial charge in [-0.25, -0.2) is 18.0 Å². The molecule has 0 aromatic rings. The summed E-state index contributed by atoms with van der Waals surface area (Å²) in [6, 6.07) is -0.883. The molecule has 0 unspecified atom stereocenters. The van der Waals surface area contributed by atoms with Gasteiger partial charge in [0.15, 0.2) is 0 Å². The van der Waals surface area contributed by atoms with Crippen molar-refractivity contribution in [3.8, 4) is 0 Å². The summed E-state index contributed by atoms with van der Waals surface area (Å²) in [6.45, 7) is 2.36. The number of carboxylic acid groups (broad SMARTS) is 1. The number of carbonyl (C=O) groups is 3. The van der Waals surface area contributed by atoms with Crippen LogP contribution in [0.15, 0.2) is 11.1 Å². The second-order valence-electron chi connectivity index (χ2n) is 3.90. The molecule has 0 aliphatic rings. The Morgan fingerprint density at radius 3 is 2.05 bits per heavy atom. The van der Waals surface area contributed by atoms with Crippen LogP contribution in [0.5, 0.6) is 0 Å². The van der Waals surface area contributed by atoms with Crippen molar-refractivity contribution in [2.24, 2.45) is 0 Å². The fourth-order valence-corrected chi connectivity index (χ4v) is 1.39. The number of nitrogens with one attached hydrogen (secondary N) is 2. The molecule has 0 aliphatic heterocycles. The van der Waals surface area contributed by atoms with E-state index in [0.717, 1.165) is 6.26 Å². The molecule has 0 aromatic carbocycles. The zero-order valence-corrected chi connectivity index (χ0v) is 11.6. The van der Waals surface area contributed by atoms with Gasteiger partial charge in [0.25, 0.3) is 5.91 Å². The van der Waals surface area contributed by atoms with Crippen LogP contribution in [0.1, 0.15) is 13.8 Å². The quantitative estimate of drug-likeness (QED) is 0.573. The van der Waals surface area contributed by atoms with Crippen LogP contribution in [-0.2, 0) is 19.4 Å². The Bertz CT molecular complexity index is 520. The number of sulfone groups is 1. The fraction of sp³-hybridized carbons (Fsp3) is 0.500. The number of urea groups is 1. The van der Waals surface area contributed by atoms with Crippen LogP contribution in [0, 0.1) is 0 Å². The van der Waals surface area contributed by atoms with E-state index in [9.17, 15) is 22.8 Å². The lowest BCUT2D eigenvalue weighted by Gasteiger charge is -2.07. The van der Waals surface area contributed by atoms with Gasteiger partial charge in [0, 0.05) is 23.9 Å². The lowest BCUT2D eigenvalue weighted by atomic mass is 10.1. The summed E-state index contributed by atoms with van der Waals surface area (Å²) >= 11 is 0. The highest BCUT2D eigenvalue weighted by Gasteiger charge is 2.15. The minimum Gasteiger partial charge on any atom is -0.478 e. The van der Waals surface area contributed by atoms with E-state index in [2.05, 4.69) is 5.32 Å². The summed E-state index contributed by atoms with van der Waals surface area (Å²) in [5.74, 6) is -2.36. The highest BCUT2D eigenvalue weighted by atomic mass is 32.2. The molecule has 8 nitrogen and oxygen atoms in total. The zero-order chi connectivity index (χ0) is 15.2. The lowest BCUT2D eigenvalue weighted by molar-refractivity contribution is -0.133. The number of rotatable bonds is 5. The first kappa shape index (κ1) is 17.1. The molecule has 0 fully saturated rings. The summed E-state index contributed by atoms with van der Waals surface area (Å²) in [6.07, 6.45) is 1.01. The minimum atomic E-state index is -3.20. The Morgan fingerprint density at radius 2 is 1.63 bits per heavy atom. The molecule has 9 heteroatoms. The van der Waals surface area contributed by atoms with Crippen molar-refractivity contribution in [2.75, 3.05) is 18.6 Å². The summed E-state index contributed by atoms with van der Waals surface area (Å²) in [5, 5.41) is 12.7. The zero-order valence-electron chi connectivity index (χ0n) is 10.8. The molecule has 19 heavy (non-hydrogen) atoms. The summed E-state index contributed by atoms with van der Waals surface area (Å²) in [4.78, 5) is 33.3. The van der Waals surface area contributed by atoms with Gasteiger partial charge in [-0.3, -0.25) is 10.1 Å². The second kappa shape index (κ2) is 6.88. The molecule has 0 saturated heterocycles. The topological polar surface area (TPSA) is 130 Å². The molecule has 3 N–H and O–H groups in total. The monoisotopic (exact) mass is 292 g/mol. The van der Waals surface area contributed by atoms with E-state index in [-0.39, 0.29) is 23.4 Å². The van der Waals surface area contributed by atoms with Crippen LogP contribution < -0.4 is 10.6 Å². The Hall–Kier alpha value is -1.90. The van der Waals surface area contributed by atoms with E-state index in [1.165, 1.54) is 13.8 Å². The van der Waals surface area contributed by atoms with Gasteiger partial charge in [0.2, 0.25) is 0 Å². The summed E-state index contributed by atoms with van der Waals surface area (Å²) < 4.78 is 21.6. The van der Waals surface area contributed by atoms with Crippen LogP contribution >= 0.6 is 0 Å². The van der Waals surface area contributed by atoms with Gasteiger partial charge in [0.05, 0.1) is 5.75 Å². The number of amides is 3. The van der Waals surface area contributed by atoms with Crippen LogP contribution in [-0.4, -0.2) is 50.0 Å². The van der Waals surface area contributed by atoms with Crippen molar-refractivity contribution in [3.05, 3.63) is 11.1 Å². The van der Waals surface area contributed by atoms with E-state index < -0.39 is 27.7 Å². The Balaban J connectivity index is 4.40. The predicted molar refractivity (Wildman–Crippen MR) is 67.3 cm³/mol. The number of carbonyl (C=O) groups excluding carboxylic acids is 2. The highest BCUT2D eigenvalue weighted by molar-refractivity contribution is 7.90. The van der Waals surface area contributed by atoms with Crippen LogP contribution in [0.3, 0.4) is 0 Å². The van der Waals surface area contributed by atoms with Gasteiger partial charge in [-0.2, -0.15) is 0 Å². The number of imide groups is 1. The molecule has 0 atom stereocenters. The molecule has 108 valence electrons. The molecular formula is C10H16N2O6S. The maximum absolute atomic E-state index is 11.4. The largest absolute Gasteiger partial charge is 0.478 e. The van der Waals surface area contributed by atoms with Crippen molar-refractivity contribution >= 4 is 27.7 Å². The average molecular weight is 292 g/mol. The lowest BCUT2D eigenvalue weighted by Crippen LogP contribution is -2.41. The van der Waals surface area contributed by atoms with Crippen molar-refractivity contribution < 1.29 is 27.9 Å². The third kappa shape index (κ3) is 7.19. The SMILES string of the molecule is CC(C(=O)O)=C(C)C(=O)NC(=O)NCCS(C)(=O)=O. The first-order chi connectivity index (χ1) is 8.54. The van der Waals surface area contributed by atoms with Crippen LogP contribution in [0.25, 0.3) is 0 Å². The van der Waals surface area contributed by atoms with E-state index in [1.807, 2.05) is 5.32 Å². The highest BCUT2D eigenvalue weighted by Crippen LogP contribution is 2.03. The van der Waals surface area contributed by atoms with Gasteiger partial charge >= 0.3 is 12.0 Å². The number of hydrogen-bond acceptors (Lipinski definition) is 5. The Labute approximate surface area is 110 Å². The molecule has 0 heterocycles. The smallest absolute Gasteiger partial charge is 0.331 e. The van der Waals surface area contributed by atoms with Gasteiger partial charge in [-0.15, -0.1) is 0 Å². The molecule has 0 rings (SSSR count). The first-order valence-corrected chi connectivity index (χ1v) is 7.28. The molecular weight excluding hydrogens is 276 g/mol. The predicted octanol–water partition coefficient (Wildman–Crippen LogP) is -0.722. The summed E-state index contributed by atoms with van der Waals surface area (Å²) in [7, 11) is -3.20. The van der Waals surface area contributed by atoms with Crippen molar-refractivity contribution in [1.29, 1.82) is 0 Å². The number of carboxylic acids is 1. The standard InChI is InChI=1S/C10H16N2O6S/c1-6(7(2)9(14)15)8(13)12-10(16)11-4-5-19(3,17)18/h4-5H2,1-3H3,(H,14,15)(H2,11,12,13,16). The third-order valence-electron chi connectivity index (χ3n) is 2.21. The minimum absolute atomic E-state index is 0.106. The fourth-order valence-electron chi connectivity index (χ4n) is 0.922. The van der Waals surface area contributed by atoms with Crippen molar-refractivity contribution in [1.82, 2.24) is 10.6 Å². The molecule has 0 spiro atoms. The maximum Gasteiger partial charge on any atom is 0.331 e. The van der Waals surface area contributed by atoms with Gasteiger partial charge in [0.1, 0.15) is 9.84 Å². The molecule has 0 aliphatic carbocycles. The van der Waals surface area contributed by atoms with Gasteiger partial charge in [-0.1, -0.05) is 0 Å². The number of hydrogen-bond donors (Lipinski definition) is 3. The first-order valence-electron chi connectivity index (χ1n) is 5.22. The number of aliphatic carboxylic acids is 1. The van der Waals surface area contributed by atoms with Gasteiger partial charge in [-0.05, 0) is 13.8 Å². The third-order valence-corrected chi connectivity index (χ3v) is 3.16. The van der Waals surface area contributed by atoms with Crippen LogP contribution in [0.4, 0.5) is 4.79 Å². The molecule has 0 radical (unpaired) electrons. The summed E-state index contributed by atoms with van der Waals surface area (Å²) in [5.41, 5.74) is -0.285. The molecule has 3 amide bonds. The second-order valence-corrected chi connectivity index (χ2v) is 6.15.